The quantitative estimate of drug-likeness (QED) is 0.371. The lowest BCUT2D eigenvalue weighted by atomic mass is 10.6. The van der Waals surface area contributed by atoms with E-state index < -0.39 is 10.0 Å². The van der Waals surface area contributed by atoms with Gasteiger partial charge in [0, 0.05) is 43.4 Å². The first-order chi connectivity index (χ1) is 10.1. The smallest absolute Gasteiger partial charge is 0.215 e. The molecule has 0 atom stereocenters. The second-order valence-corrected chi connectivity index (χ2v) is 8.81. The SMILES string of the molecule is CCNC(=NCCSC)NCCS(=O)(=O)N1CCSCC1. The monoisotopic (exact) mass is 354 g/mol. The van der Waals surface area contributed by atoms with Crippen molar-refractivity contribution in [2.45, 2.75) is 6.92 Å². The van der Waals surface area contributed by atoms with Gasteiger partial charge in [-0.15, -0.1) is 0 Å². The average molecular weight is 355 g/mol. The minimum Gasteiger partial charge on any atom is -0.357 e. The average Bonchev–Trinajstić information content (AvgIpc) is 2.48. The summed E-state index contributed by atoms with van der Waals surface area (Å²) in [4.78, 5) is 4.40. The first-order valence-electron chi connectivity index (χ1n) is 7.17. The van der Waals surface area contributed by atoms with Gasteiger partial charge in [0.05, 0.1) is 12.3 Å². The highest BCUT2D eigenvalue weighted by Crippen LogP contribution is 2.12. The van der Waals surface area contributed by atoms with Crippen molar-refractivity contribution >= 4 is 39.5 Å². The molecule has 1 aliphatic heterocycles. The third kappa shape index (κ3) is 7.62. The minimum atomic E-state index is -3.15. The number of aliphatic imine (C=N–C) groups is 1. The van der Waals surface area contributed by atoms with Crippen LogP contribution in [-0.2, 0) is 10.0 Å². The molecule has 0 amide bonds. The molecule has 0 bridgehead atoms. The van der Waals surface area contributed by atoms with Crippen LogP contribution in [0.4, 0.5) is 0 Å². The van der Waals surface area contributed by atoms with E-state index in [1.807, 2.05) is 24.9 Å². The third-order valence-corrected chi connectivity index (χ3v) is 6.33. The van der Waals surface area contributed by atoms with E-state index in [1.54, 1.807) is 16.1 Å². The lowest BCUT2D eigenvalue weighted by molar-refractivity contribution is 0.443. The van der Waals surface area contributed by atoms with Crippen LogP contribution in [0.2, 0.25) is 0 Å². The molecule has 124 valence electrons. The minimum absolute atomic E-state index is 0.116. The highest BCUT2D eigenvalue weighted by Gasteiger charge is 2.23. The van der Waals surface area contributed by atoms with Crippen molar-refractivity contribution in [1.29, 1.82) is 0 Å². The Kier molecular flexibility index (Phi) is 9.54. The number of hydrogen-bond donors (Lipinski definition) is 2. The fourth-order valence-corrected chi connectivity index (χ4v) is 4.61. The van der Waals surface area contributed by atoms with E-state index in [2.05, 4.69) is 15.6 Å². The van der Waals surface area contributed by atoms with Crippen LogP contribution in [0.3, 0.4) is 0 Å². The lowest BCUT2D eigenvalue weighted by Gasteiger charge is -2.25. The van der Waals surface area contributed by atoms with Crippen molar-refractivity contribution in [2.75, 3.05) is 62.0 Å². The van der Waals surface area contributed by atoms with Crippen LogP contribution in [0.5, 0.6) is 0 Å². The maximum absolute atomic E-state index is 12.2. The molecule has 0 saturated carbocycles. The molecule has 9 heteroatoms. The zero-order valence-corrected chi connectivity index (χ0v) is 15.2. The van der Waals surface area contributed by atoms with Crippen molar-refractivity contribution < 1.29 is 8.42 Å². The summed E-state index contributed by atoms with van der Waals surface area (Å²) in [5, 5.41) is 6.22. The Bertz CT molecular complexity index is 409. The molecule has 0 aliphatic carbocycles. The predicted molar refractivity (Wildman–Crippen MR) is 95.0 cm³/mol. The summed E-state index contributed by atoms with van der Waals surface area (Å²) < 4.78 is 26.0. The van der Waals surface area contributed by atoms with Gasteiger partial charge in [0.2, 0.25) is 10.0 Å². The standard InChI is InChI=1S/C12H26N4O2S3/c1-3-13-12(14-4-8-19-2)15-5-11-21(17,18)16-6-9-20-10-7-16/h3-11H2,1-2H3,(H2,13,14,15). The van der Waals surface area contributed by atoms with Crippen molar-refractivity contribution in [1.82, 2.24) is 14.9 Å². The van der Waals surface area contributed by atoms with Crippen molar-refractivity contribution in [3.63, 3.8) is 0 Å². The van der Waals surface area contributed by atoms with E-state index in [0.717, 1.165) is 30.3 Å². The van der Waals surface area contributed by atoms with E-state index in [-0.39, 0.29) is 5.75 Å². The fraction of sp³-hybridized carbons (Fsp3) is 0.917. The Morgan fingerprint density at radius 3 is 2.67 bits per heavy atom. The summed E-state index contributed by atoms with van der Waals surface area (Å²) in [6, 6.07) is 0. The lowest BCUT2D eigenvalue weighted by Crippen LogP contribution is -2.44. The number of rotatable bonds is 8. The van der Waals surface area contributed by atoms with Crippen LogP contribution < -0.4 is 10.6 Å². The summed E-state index contributed by atoms with van der Waals surface area (Å²) in [6.07, 6.45) is 2.04. The summed E-state index contributed by atoms with van der Waals surface area (Å²) in [5.74, 6) is 3.55. The molecule has 0 aromatic rings. The van der Waals surface area contributed by atoms with Crippen LogP contribution in [0.25, 0.3) is 0 Å². The van der Waals surface area contributed by atoms with E-state index >= 15 is 0 Å². The van der Waals surface area contributed by atoms with Crippen LogP contribution in [0.15, 0.2) is 4.99 Å². The Hall–Kier alpha value is -0.120. The van der Waals surface area contributed by atoms with Gasteiger partial charge < -0.3 is 10.6 Å². The molecule has 21 heavy (non-hydrogen) atoms. The summed E-state index contributed by atoms with van der Waals surface area (Å²) in [7, 11) is -3.15. The van der Waals surface area contributed by atoms with E-state index in [9.17, 15) is 8.42 Å². The molecule has 0 unspecified atom stereocenters. The van der Waals surface area contributed by atoms with Crippen molar-refractivity contribution in [3.8, 4) is 0 Å². The van der Waals surface area contributed by atoms with Gasteiger partial charge >= 0.3 is 0 Å². The number of sulfonamides is 1. The van der Waals surface area contributed by atoms with Gasteiger partial charge in [0.15, 0.2) is 5.96 Å². The van der Waals surface area contributed by atoms with Gasteiger partial charge in [-0.05, 0) is 13.2 Å². The summed E-state index contributed by atoms with van der Waals surface area (Å²) in [5.41, 5.74) is 0. The van der Waals surface area contributed by atoms with Gasteiger partial charge in [-0.2, -0.15) is 23.5 Å². The van der Waals surface area contributed by atoms with Crippen molar-refractivity contribution in [3.05, 3.63) is 0 Å². The van der Waals surface area contributed by atoms with E-state index in [4.69, 9.17) is 0 Å². The summed E-state index contributed by atoms with van der Waals surface area (Å²) >= 11 is 3.55. The largest absolute Gasteiger partial charge is 0.357 e. The number of thioether (sulfide) groups is 2. The predicted octanol–water partition coefficient (Wildman–Crippen LogP) is 0.283. The molecule has 1 heterocycles. The number of hydrogen-bond acceptors (Lipinski definition) is 5. The molecule has 1 fully saturated rings. The number of nitrogens with zero attached hydrogens (tertiary/aromatic N) is 2. The van der Waals surface area contributed by atoms with Crippen LogP contribution in [-0.4, -0.2) is 80.7 Å². The maximum Gasteiger partial charge on any atom is 0.215 e. The molecule has 0 radical (unpaired) electrons. The molecule has 0 spiro atoms. The Labute approximate surface area is 137 Å². The van der Waals surface area contributed by atoms with Gasteiger partial charge in [-0.25, -0.2) is 12.7 Å². The van der Waals surface area contributed by atoms with E-state index in [1.165, 1.54) is 0 Å². The third-order valence-electron chi connectivity index (χ3n) is 2.93. The van der Waals surface area contributed by atoms with Crippen LogP contribution >= 0.6 is 23.5 Å². The number of guanidine groups is 1. The molecular weight excluding hydrogens is 328 g/mol. The van der Waals surface area contributed by atoms with Crippen LogP contribution in [0.1, 0.15) is 6.92 Å². The maximum atomic E-state index is 12.2. The van der Waals surface area contributed by atoms with E-state index in [0.29, 0.717) is 25.6 Å². The molecule has 0 aromatic heterocycles. The second-order valence-electron chi connectivity index (χ2n) is 4.51. The Balaban J connectivity index is 2.39. The normalized spacial score (nSPS) is 17.7. The first kappa shape index (κ1) is 18.9. The van der Waals surface area contributed by atoms with Gasteiger partial charge in [0.1, 0.15) is 0 Å². The molecular formula is C12H26N4O2S3. The zero-order chi connectivity index (χ0) is 15.6. The molecule has 1 aliphatic rings. The molecule has 1 saturated heterocycles. The highest BCUT2D eigenvalue weighted by molar-refractivity contribution is 7.99. The zero-order valence-electron chi connectivity index (χ0n) is 12.8. The molecule has 6 nitrogen and oxygen atoms in total. The van der Waals surface area contributed by atoms with Gasteiger partial charge in [0.25, 0.3) is 0 Å². The molecule has 1 rings (SSSR count). The fourth-order valence-electron chi connectivity index (χ4n) is 1.84. The topological polar surface area (TPSA) is 73.8 Å². The number of nitrogens with one attached hydrogen (secondary N) is 2. The summed E-state index contributed by atoms with van der Waals surface area (Å²) in [6.45, 7) is 5.14. The van der Waals surface area contributed by atoms with Crippen LogP contribution in [0, 0.1) is 0 Å². The second kappa shape index (κ2) is 10.6. The molecule has 2 N–H and O–H groups in total. The van der Waals surface area contributed by atoms with Gasteiger partial charge in [-0.3, -0.25) is 4.99 Å². The Morgan fingerprint density at radius 2 is 2.05 bits per heavy atom. The Morgan fingerprint density at radius 1 is 1.33 bits per heavy atom. The van der Waals surface area contributed by atoms with Crippen molar-refractivity contribution in [2.24, 2.45) is 4.99 Å². The molecule has 0 aromatic carbocycles. The first-order valence-corrected chi connectivity index (χ1v) is 11.3. The highest BCUT2D eigenvalue weighted by atomic mass is 32.2. The van der Waals surface area contributed by atoms with Gasteiger partial charge in [-0.1, -0.05) is 0 Å².